The molecule has 3 N–H and O–H groups in total. The average molecular weight is 250 g/mol. The fourth-order valence-electron chi connectivity index (χ4n) is 1.68. The predicted molar refractivity (Wildman–Crippen MR) is 70.7 cm³/mol. The summed E-state index contributed by atoms with van der Waals surface area (Å²) in [6, 6.07) is 0. The lowest BCUT2D eigenvalue weighted by atomic mass is 10.4. The van der Waals surface area contributed by atoms with Crippen LogP contribution in [-0.2, 0) is 7.05 Å². The fourth-order valence-corrected chi connectivity index (χ4v) is 1.68. The zero-order chi connectivity index (χ0) is 13.0. The van der Waals surface area contributed by atoms with Gasteiger partial charge in [0, 0.05) is 26.7 Å². The molecule has 0 saturated heterocycles. The molecule has 0 amide bonds. The molecule has 2 rings (SSSR count). The van der Waals surface area contributed by atoms with Gasteiger partial charge >= 0.3 is 0 Å². The van der Waals surface area contributed by atoms with Gasteiger partial charge in [0.1, 0.15) is 5.82 Å². The first-order valence-electron chi connectivity index (χ1n) is 6.04. The van der Waals surface area contributed by atoms with Crippen LogP contribution in [0.25, 0.3) is 11.0 Å². The highest BCUT2D eigenvalue weighted by molar-refractivity contribution is 5.87. The van der Waals surface area contributed by atoms with E-state index in [9.17, 15) is 0 Å². The molecule has 0 aliphatic heterocycles. The molecule has 2 aromatic rings. The van der Waals surface area contributed by atoms with Crippen LogP contribution >= 0.6 is 0 Å². The van der Waals surface area contributed by atoms with E-state index in [0.717, 1.165) is 23.4 Å². The Labute approximate surface area is 105 Å². The molecule has 0 bridgehead atoms. The molecule has 98 valence electrons. The Morgan fingerprint density at radius 3 is 2.89 bits per heavy atom. The van der Waals surface area contributed by atoms with E-state index < -0.39 is 0 Å². The summed E-state index contributed by atoms with van der Waals surface area (Å²) in [6.45, 7) is 3.60. The second-order valence-corrected chi connectivity index (χ2v) is 3.94. The summed E-state index contributed by atoms with van der Waals surface area (Å²) < 4.78 is 1.72. The Balaban J connectivity index is 2.33. The number of aromatic nitrogens is 4. The fraction of sp³-hybridized carbons (Fsp3) is 0.545. The van der Waals surface area contributed by atoms with Crippen molar-refractivity contribution >= 4 is 22.8 Å². The Kier molecular flexibility index (Phi) is 3.93. The average Bonchev–Trinajstić information content (AvgIpc) is 2.73. The highest BCUT2D eigenvalue weighted by Crippen LogP contribution is 2.20. The number of nitrogens with one attached hydrogen (secondary N) is 2. The van der Waals surface area contributed by atoms with Crippen LogP contribution in [0.5, 0.6) is 0 Å². The van der Waals surface area contributed by atoms with Gasteiger partial charge in [-0.15, -0.1) is 0 Å². The van der Waals surface area contributed by atoms with Crippen LogP contribution in [0.15, 0.2) is 6.20 Å². The topological polar surface area (TPSA) is 87.9 Å². The van der Waals surface area contributed by atoms with Gasteiger partial charge in [0.2, 0.25) is 5.95 Å². The van der Waals surface area contributed by atoms with Crippen molar-refractivity contribution in [2.24, 2.45) is 7.05 Å². The molecule has 0 saturated carbocycles. The molecular formula is C11H18N6O. The number of aliphatic hydroxyl groups excluding tert-OH is 1. The molecule has 0 aliphatic carbocycles. The van der Waals surface area contributed by atoms with Crippen molar-refractivity contribution in [2.45, 2.75) is 13.3 Å². The van der Waals surface area contributed by atoms with E-state index in [-0.39, 0.29) is 6.61 Å². The quantitative estimate of drug-likeness (QED) is 0.650. The number of hydrogen-bond acceptors (Lipinski definition) is 6. The van der Waals surface area contributed by atoms with E-state index in [1.54, 1.807) is 10.9 Å². The Morgan fingerprint density at radius 1 is 1.33 bits per heavy atom. The van der Waals surface area contributed by atoms with E-state index >= 15 is 0 Å². The molecule has 7 nitrogen and oxygen atoms in total. The van der Waals surface area contributed by atoms with Crippen LogP contribution in [0.4, 0.5) is 11.8 Å². The number of hydrogen-bond donors (Lipinski definition) is 3. The van der Waals surface area contributed by atoms with Crippen molar-refractivity contribution in [3.8, 4) is 0 Å². The molecule has 0 atom stereocenters. The van der Waals surface area contributed by atoms with Gasteiger partial charge in [0.05, 0.1) is 11.6 Å². The molecule has 0 radical (unpaired) electrons. The summed E-state index contributed by atoms with van der Waals surface area (Å²) in [5.41, 5.74) is 0.785. The van der Waals surface area contributed by atoms with E-state index in [1.807, 2.05) is 14.0 Å². The number of aryl methyl sites for hydroxylation is 1. The lowest BCUT2D eigenvalue weighted by Gasteiger charge is -2.08. The molecule has 0 spiro atoms. The second-order valence-electron chi connectivity index (χ2n) is 3.94. The van der Waals surface area contributed by atoms with Crippen LogP contribution in [0.2, 0.25) is 0 Å². The second kappa shape index (κ2) is 5.63. The molecule has 7 heteroatoms. The maximum Gasteiger partial charge on any atom is 0.226 e. The smallest absolute Gasteiger partial charge is 0.226 e. The van der Waals surface area contributed by atoms with Gasteiger partial charge in [-0.1, -0.05) is 0 Å². The Hall–Kier alpha value is -1.89. The lowest BCUT2D eigenvalue weighted by molar-refractivity contribution is 0.292. The van der Waals surface area contributed by atoms with E-state index in [4.69, 9.17) is 5.11 Å². The summed E-state index contributed by atoms with van der Waals surface area (Å²) in [6.07, 6.45) is 2.42. The SMILES string of the molecule is CCNc1nc(NCCCO)nc2c1cnn2C. The third-order valence-corrected chi connectivity index (χ3v) is 2.55. The standard InChI is InChI=1S/C11H18N6O/c1-3-12-9-8-7-14-17(2)10(8)16-11(15-9)13-5-4-6-18/h7,18H,3-6H2,1-2H3,(H2,12,13,15,16). The van der Waals surface area contributed by atoms with Crippen LogP contribution < -0.4 is 10.6 Å². The summed E-state index contributed by atoms with van der Waals surface area (Å²) in [4.78, 5) is 8.81. The highest BCUT2D eigenvalue weighted by atomic mass is 16.3. The normalized spacial score (nSPS) is 10.8. The van der Waals surface area contributed by atoms with E-state index in [0.29, 0.717) is 18.9 Å². The number of fused-ring (bicyclic) bond motifs is 1. The van der Waals surface area contributed by atoms with Gasteiger partial charge in [-0.2, -0.15) is 15.1 Å². The number of aliphatic hydroxyl groups is 1. The maximum atomic E-state index is 8.76. The molecule has 0 unspecified atom stereocenters. The summed E-state index contributed by atoms with van der Waals surface area (Å²) in [5.74, 6) is 1.33. The largest absolute Gasteiger partial charge is 0.396 e. The Bertz CT molecular complexity index is 523. The van der Waals surface area contributed by atoms with Crippen LogP contribution in [0.1, 0.15) is 13.3 Å². The van der Waals surface area contributed by atoms with Crippen molar-refractivity contribution in [2.75, 3.05) is 30.3 Å². The first-order chi connectivity index (χ1) is 8.76. The van der Waals surface area contributed by atoms with E-state index in [1.165, 1.54) is 0 Å². The molecule has 0 aromatic carbocycles. The molecule has 18 heavy (non-hydrogen) atoms. The third kappa shape index (κ3) is 2.51. The number of nitrogens with zero attached hydrogens (tertiary/aromatic N) is 4. The summed E-state index contributed by atoms with van der Waals surface area (Å²) >= 11 is 0. The van der Waals surface area contributed by atoms with Crippen molar-refractivity contribution < 1.29 is 5.11 Å². The minimum absolute atomic E-state index is 0.154. The van der Waals surface area contributed by atoms with Gasteiger partial charge in [0.15, 0.2) is 5.65 Å². The monoisotopic (exact) mass is 250 g/mol. The Morgan fingerprint density at radius 2 is 2.17 bits per heavy atom. The van der Waals surface area contributed by atoms with Crippen molar-refractivity contribution in [1.29, 1.82) is 0 Å². The molecule has 2 heterocycles. The van der Waals surface area contributed by atoms with Gasteiger partial charge in [0.25, 0.3) is 0 Å². The van der Waals surface area contributed by atoms with Crippen LogP contribution in [-0.4, -0.2) is 44.6 Å². The molecule has 2 aromatic heterocycles. The predicted octanol–water partition coefficient (Wildman–Crippen LogP) is 0.589. The molecular weight excluding hydrogens is 232 g/mol. The zero-order valence-electron chi connectivity index (χ0n) is 10.6. The third-order valence-electron chi connectivity index (χ3n) is 2.55. The van der Waals surface area contributed by atoms with Crippen molar-refractivity contribution in [3.63, 3.8) is 0 Å². The van der Waals surface area contributed by atoms with Gasteiger partial charge < -0.3 is 15.7 Å². The van der Waals surface area contributed by atoms with Crippen molar-refractivity contribution in [1.82, 2.24) is 19.7 Å². The summed E-state index contributed by atoms with van der Waals surface area (Å²) in [7, 11) is 1.85. The van der Waals surface area contributed by atoms with Crippen LogP contribution in [0, 0.1) is 0 Å². The van der Waals surface area contributed by atoms with Gasteiger partial charge in [-0.25, -0.2) is 0 Å². The maximum absolute atomic E-state index is 8.76. The lowest BCUT2D eigenvalue weighted by Crippen LogP contribution is -2.10. The van der Waals surface area contributed by atoms with Crippen LogP contribution in [0.3, 0.4) is 0 Å². The highest BCUT2D eigenvalue weighted by Gasteiger charge is 2.10. The number of rotatable bonds is 6. The van der Waals surface area contributed by atoms with E-state index in [2.05, 4.69) is 25.7 Å². The zero-order valence-corrected chi connectivity index (χ0v) is 10.6. The minimum Gasteiger partial charge on any atom is -0.396 e. The first kappa shape index (κ1) is 12.6. The summed E-state index contributed by atoms with van der Waals surface area (Å²) in [5, 5.41) is 20.1. The van der Waals surface area contributed by atoms with Gasteiger partial charge in [-0.05, 0) is 13.3 Å². The molecule has 0 aliphatic rings. The van der Waals surface area contributed by atoms with Gasteiger partial charge in [-0.3, -0.25) is 4.68 Å². The first-order valence-corrected chi connectivity index (χ1v) is 6.04. The van der Waals surface area contributed by atoms with Crippen molar-refractivity contribution in [3.05, 3.63) is 6.20 Å². The molecule has 0 fully saturated rings. The minimum atomic E-state index is 0.154. The number of anilines is 2.